The number of hydrogen-bond acceptors (Lipinski definition) is 5. The van der Waals surface area contributed by atoms with Crippen LogP contribution in [0.3, 0.4) is 0 Å². The van der Waals surface area contributed by atoms with Gasteiger partial charge in [0.25, 0.3) is 0 Å². The van der Waals surface area contributed by atoms with Gasteiger partial charge in [-0.3, -0.25) is 4.79 Å². The lowest BCUT2D eigenvalue weighted by molar-refractivity contribution is -0.141. The van der Waals surface area contributed by atoms with E-state index in [0.717, 1.165) is 14.6 Å². The SMILES string of the molecule is CC[C@@H](NC(=O)CSc1nc2ccccc2s1)C(=O)O. The lowest BCUT2D eigenvalue weighted by Gasteiger charge is -2.11. The van der Waals surface area contributed by atoms with Crippen molar-refractivity contribution in [2.45, 2.75) is 23.7 Å². The highest BCUT2D eigenvalue weighted by molar-refractivity contribution is 8.01. The summed E-state index contributed by atoms with van der Waals surface area (Å²) in [4.78, 5) is 26.9. The molecule has 1 atom stereocenters. The second-order valence-corrected chi connectivity index (χ2v) is 6.36. The lowest BCUT2D eigenvalue weighted by atomic mass is 10.2. The molecule has 0 aliphatic heterocycles. The molecule has 1 aromatic heterocycles. The molecular formula is C13H14N2O3S2. The molecule has 0 spiro atoms. The van der Waals surface area contributed by atoms with Crippen molar-refractivity contribution in [1.29, 1.82) is 0 Å². The summed E-state index contributed by atoms with van der Waals surface area (Å²) in [6, 6.07) is 6.95. The van der Waals surface area contributed by atoms with E-state index in [1.807, 2.05) is 24.3 Å². The first-order valence-electron chi connectivity index (χ1n) is 6.10. The fourth-order valence-electron chi connectivity index (χ4n) is 1.61. The van der Waals surface area contributed by atoms with Gasteiger partial charge < -0.3 is 10.4 Å². The van der Waals surface area contributed by atoms with Crippen LogP contribution in [-0.2, 0) is 9.59 Å². The molecule has 20 heavy (non-hydrogen) atoms. The average molecular weight is 310 g/mol. The van der Waals surface area contributed by atoms with Crippen molar-refractivity contribution in [3.63, 3.8) is 0 Å². The van der Waals surface area contributed by atoms with Crippen molar-refractivity contribution >= 4 is 45.2 Å². The van der Waals surface area contributed by atoms with E-state index < -0.39 is 12.0 Å². The number of aliphatic carboxylic acids is 1. The molecule has 2 N–H and O–H groups in total. The zero-order chi connectivity index (χ0) is 14.5. The smallest absolute Gasteiger partial charge is 0.326 e. The van der Waals surface area contributed by atoms with Crippen LogP contribution in [0.2, 0.25) is 0 Å². The Morgan fingerprint density at radius 1 is 1.45 bits per heavy atom. The fraction of sp³-hybridized carbons (Fsp3) is 0.308. The Balaban J connectivity index is 1.91. The van der Waals surface area contributed by atoms with Crippen LogP contribution in [0, 0.1) is 0 Å². The Morgan fingerprint density at radius 3 is 2.85 bits per heavy atom. The van der Waals surface area contributed by atoms with Crippen LogP contribution in [0.5, 0.6) is 0 Å². The minimum Gasteiger partial charge on any atom is -0.480 e. The quantitative estimate of drug-likeness (QED) is 0.801. The van der Waals surface area contributed by atoms with Crippen LogP contribution in [0.25, 0.3) is 10.2 Å². The third kappa shape index (κ3) is 3.71. The van der Waals surface area contributed by atoms with Gasteiger partial charge in [-0.1, -0.05) is 30.8 Å². The van der Waals surface area contributed by atoms with E-state index in [1.54, 1.807) is 6.92 Å². The number of rotatable bonds is 6. The van der Waals surface area contributed by atoms with Crippen molar-refractivity contribution in [3.8, 4) is 0 Å². The molecule has 1 amide bonds. The molecule has 0 aliphatic rings. The van der Waals surface area contributed by atoms with Crippen LogP contribution >= 0.6 is 23.1 Å². The Morgan fingerprint density at radius 2 is 2.20 bits per heavy atom. The fourth-order valence-corrected chi connectivity index (χ4v) is 3.49. The van der Waals surface area contributed by atoms with Gasteiger partial charge in [-0.15, -0.1) is 11.3 Å². The summed E-state index contributed by atoms with van der Waals surface area (Å²) < 4.78 is 1.89. The minimum atomic E-state index is -1.01. The van der Waals surface area contributed by atoms with Crippen LogP contribution < -0.4 is 5.32 Å². The number of nitrogens with one attached hydrogen (secondary N) is 1. The molecule has 0 bridgehead atoms. The highest BCUT2D eigenvalue weighted by Gasteiger charge is 2.17. The standard InChI is InChI=1S/C13H14N2O3S2/c1-2-8(12(17)18)14-11(16)7-19-13-15-9-5-3-4-6-10(9)20-13/h3-6,8H,2,7H2,1H3,(H,14,16)(H,17,18)/t8-/m1/s1. The van der Waals surface area contributed by atoms with Crippen LogP contribution in [-0.4, -0.2) is 33.8 Å². The molecular weight excluding hydrogens is 296 g/mol. The Labute approximate surface area is 124 Å². The maximum Gasteiger partial charge on any atom is 0.326 e. The van der Waals surface area contributed by atoms with E-state index >= 15 is 0 Å². The number of carbonyl (C=O) groups excluding carboxylic acids is 1. The van der Waals surface area contributed by atoms with E-state index in [0.29, 0.717) is 6.42 Å². The van der Waals surface area contributed by atoms with Gasteiger partial charge in [0.15, 0.2) is 4.34 Å². The van der Waals surface area contributed by atoms with Crippen LogP contribution in [0.1, 0.15) is 13.3 Å². The number of carboxylic acid groups (broad SMARTS) is 1. The summed E-state index contributed by atoms with van der Waals surface area (Å²) in [5.41, 5.74) is 0.914. The summed E-state index contributed by atoms with van der Waals surface area (Å²) in [5.74, 6) is -1.13. The number of carbonyl (C=O) groups is 2. The zero-order valence-electron chi connectivity index (χ0n) is 10.8. The predicted molar refractivity (Wildman–Crippen MR) is 80.2 cm³/mol. The number of hydrogen-bond donors (Lipinski definition) is 2. The van der Waals surface area contributed by atoms with E-state index in [2.05, 4.69) is 10.3 Å². The summed E-state index contributed by atoms with van der Waals surface area (Å²) in [6.45, 7) is 1.72. The maximum absolute atomic E-state index is 11.7. The molecule has 106 valence electrons. The first-order valence-corrected chi connectivity index (χ1v) is 7.91. The Kier molecular flexibility index (Phi) is 4.97. The molecule has 0 saturated carbocycles. The second kappa shape index (κ2) is 6.71. The monoisotopic (exact) mass is 310 g/mol. The van der Waals surface area contributed by atoms with Gasteiger partial charge in [0.2, 0.25) is 5.91 Å². The molecule has 5 nitrogen and oxygen atoms in total. The molecule has 2 rings (SSSR count). The van der Waals surface area contributed by atoms with Crippen molar-refractivity contribution in [2.24, 2.45) is 0 Å². The molecule has 0 radical (unpaired) electrons. The number of thiazole rings is 1. The molecule has 0 aliphatic carbocycles. The van der Waals surface area contributed by atoms with E-state index in [4.69, 9.17) is 5.11 Å². The predicted octanol–water partition coefficient (Wildman–Crippen LogP) is 2.37. The number of amides is 1. The summed E-state index contributed by atoms with van der Waals surface area (Å²) >= 11 is 2.85. The van der Waals surface area contributed by atoms with Gasteiger partial charge in [0.05, 0.1) is 16.0 Å². The van der Waals surface area contributed by atoms with Gasteiger partial charge in [-0.2, -0.15) is 0 Å². The van der Waals surface area contributed by atoms with E-state index in [9.17, 15) is 9.59 Å². The molecule has 7 heteroatoms. The first kappa shape index (κ1) is 14.8. The zero-order valence-corrected chi connectivity index (χ0v) is 12.5. The number of nitrogens with zero attached hydrogens (tertiary/aromatic N) is 1. The normalized spacial score (nSPS) is 12.2. The van der Waals surface area contributed by atoms with E-state index in [1.165, 1.54) is 23.1 Å². The molecule has 1 aromatic carbocycles. The summed E-state index contributed by atoms with van der Waals surface area (Å²) in [6.07, 6.45) is 0.368. The van der Waals surface area contributed by atoms with Gasteiger partial charge in [0, 0.05) is 0 Å². The van der Waals surface area contributed by atoms with Crippen molar-refractivity contribution in [1.82, 2.24) is 10.3 Å². The van der Waals surface area contributed by atoms with Crippen molar-refractivity contribution in [2.75, 3.05) is 5.75 Å². The second-order valence-electron chi connectivity index (χ2n) is 4.10. The lowest BCUT2D eigenvalue weighted by Crippen LogP contribution is -2.41. The Hall–Kier alpha value is -1.60. The molecule has 0 unspecified atom stereocenters. The molecule has 0 fully saturated rings. The number of carboxylic acids is 1. The average Bonchev–Trinajstić information content (AvgIpc) is 2.85. The molecule has 1 heterocycles. The number of fused-ring (bicyclic) bond motifs is 1. The largest absolute Gasteiger partial charge is 0.480 e. The van der Waals surface area contributed by atoms with Gasteiger partial charge in [0.1, 0.15) is 6.04 Å². The number of thioether (sulfide) groups is 1. The Bertz CT molecular complexity index is 594. The third-order valence-corrected chi connectivity index (χ3v) is 4.82. The topological polar surface area (TPSA) is 79.3 Å². The van der Waals surface area contributed by atoms with Gasteiger partial charge >= 0.3 is 5.97 Å². The maximum atomic E-state index is 11.7. The van der Waals surface area contributed by atoms with Crippen molar-refractivity contribution < 1.29 is 14.7 Å². The molecule has 0 saturated heterocycles. The van der Waals surface area contributed by atoms with E-state index in [-0.39, 0.29) is 11.7 Å². The molecule has 2 aromatic rings. The van der Waals surface area contributed by atoms with Crippen LogP contribution in [0.4, 0.5) is 0 Å². The number of benzene rings is 1. The van der Waals surface area contributed by atoms with Gasteiger partial charge in [-0.25, -0.2) is 9.78 Å². The van der Waals surface area contributed by atoms with Crippen molar-refractivity contribution in [3.05, 3.63) is 24.3 Å². The highest BCUT2D eigenvalue weighted by Crippen LogP contribution is 2.28. The minimum absolute atomic E-state index is 0.170. The highest BCUT2D eigenvalue weighted by atomic mass is 32.2. The van der Waals surface area contributed by atoms with Gasteiger partial charge in [-0.05, 0) is 18.6 Å². The third-order valence-electron chi connectivity index (χ3n) is 2.64. The first-order chi connectivity index (χ1) is 9.60. The number of aromatic nitrogens is 1. The summed E-state index contributed by atoms with van der Waals surface area (Å²) in [5, 5.41) is 11.4. The number of para-hydroxylation sites is 1. The van der Waals surface area contributed by atoms with Crippen LogP contribution in [0.15, 0.2) is 28.6 Å². The summed E-state index contributed by atoms with van der Waals surface area (Å²) in [7, 11) is 0.